The van der Waals surface area contributed by atoms with Gasteiger partial charge in [0, 0.05) is 38.9 Å². The van der Waals surface area contributed by atoms with Crippen molar-refractivity contribution in [2.24, 2.45) is 0 Å². The zero-order valence-corrected chi connectivity index (χ0v) is 36.2. The Bertz CT molecular complexity index is 3370. The molecule has 0 saturated heterocycles. The molecule has 0 spiro atoms. The van der Waals surface area contributed by atoms with Crippen molar-refractivity contribution in [1.82, 2.24) is 4.57 Å². The highest BCUT2D eigenvalue weighted by Gasteiger charge is 2.35. The van der Waals surface area contributed by atoms with Gasteiger partial charge in [-0.2, -0.15) is 0 Å². The first-order chi connectivity index (χ1) is 31.4. The standard InChI is InChI=1S/C62H48N2/c1-43-29-30-45(44-17-6-4-7-18-44)19-10-11-24-52(39-43)63(53-36-37-55-54-25-12-14-27-58(54)62(2,3)59(55)42-53)51-34-31-46(32-35-51)47-20-16-21-48(40-47)49-33-38-61-57(41-49)56-26-13-15-28-60(56)64(61)50-22-8-5-9-23-50/h4-9,11-42H,1,10H2,2-3H3/b24-11-,30-29-,45-19+,52-39?. The van der Waals surface area contributed by atoms with Crippen LogP contribution in [0.2, 0.25) is 0 Å². The van der Waals surface area contributed by atoms with Crippen LogP contribution in [0.15, 0.2) is 248 Å². The fraction of sp³-hybridized carbons (Fsp3) is 0.0645. The van der Waals surface area contributed by atoms with E-state index in [-0.39, 0.29) is 5.41 Å². The van der Waals surface area contributed by atoms with E-state index in [2.05, 4.69) is 260 Å². The van der Waals surface area contributed by atoms with Crippen molar-refractivity contribution in [2.45, 2.75) is 25.7 Å². The Hall–Kier alpha value is -7.94. The Balaban J connectivity index is 0.966. The van der Waals surface area contributed by atoms with E-state index in [9.17, 15) is 0 Å². The first-order valence-electron chi connectivity index (χ1n) is 22.3. The minimum absolute atomic E-state index is 0.127. The van der Waals surface area contributed by atoms with Gasteiger partial charge < -0.3 is 9.47 Å². The molecule has 1 aromatic heterocycles. The lowest BCUT2D eigenvalue weighted by Crippen LogP contribution is -2.18. The van der Waals surface area contributed by atoms with Crippen LogP contribution in [0.1, 0.15) is 37.0 Å². The summed E-state index contributed by atoms with van der Waals surface area (Å²) in [6, 6.07) is 70.7. The van der Waals surface area contributed by atoms with Crippen LogP contribution in [-0.4, -0.2) is 4.57 Å². The topological polar surface area (TPSA) is 8.17 Å². The molecule has 2 aliphatic rings. The van der Waals surface area contributed by atoms with Crippen LogP contribution in [0.4, 0.5) is 11.4 Å². The third-order valence-corrected chi connectivity index (χ3v) is 13.1. The Morgan fingerprint density at radius 1 is 0.484 bits per heavy atom. The average Bonchev–Trinajstić information content (AvgIpc) is 3.79. The largest absolute Gasteiger partial charge is 0.310 e. The van der Waals surface area contributed by atoms with Crippen molar-refractivity contribution in [3.63, 3.8) is 0 Å². The van der Waals surface area contributed by atoms with Crippen LogP contribution >= 0.6 is 0 Å². The Kier molecular flexibility index (Phi) is 9.78. The van der Waals surface area contributed by atoms with Gasteiger partial charge in [-0.15, -0.1) is 0 Å². The van der Waals surface area contributed by atoms with Gasteiger partial charge in [0.1, 0.15) is 0 Å². The molecule has 9 aromatic rings. The van der Waals surface area contributed by atoms with Crippen LogP contribution in [0.5, 0.6) is 0 Å². The number of rotatable bonds is 7. The smallest absolute Gasteiger partial charge is 0.0541 e. The molecule has 0 bridgehead atoms. The molecule has 0 atom stereocenters. The van der Waals surface area contributed by atoms with Gasteiger partial charge in [-0.3, -0.25) is 0 Å². The SMILES string of the molecule is C=C1C=C(N(c2ccc(-c3cccc(-c4ccc5c(c4)c4ccccc4n5-c4ccccc4)c3)cc2)c2ccc3c(c2)C(C)(C)c2ccccc2-3)/C=C\C/C=C(c2ccccc2)\C=C/1. The predicted octanol–water partition coefficient (Wildman–Crippen LogP) is 16.6. The molecule has 2 heteroatoms. The summed E-state index contributed by atoms with van der Waals surface area (Å²) in [6.45, 7) is 9.22. The average molecular weight is 821 g/mol. The monoisotopic (exact) mass is 820 g/mol. The van der Waals surface area contributed by atoms with Gasteiger partial charge in [0.25, 0.3) is 0 Å². The maximum absolute atomic E-state index is 4.53. The van der Waals surface area contributed by atoms with E-state index < -0.39 is 0 Å². The molecule has 0 saturated carbocycles. The van der Waals surface area contributed by atoms with Crippen LogP contribution in [0.3, 0.4) is 0 Å². The molecule has 0 fully saturated rings. The first kappa shape index (κ1) is 38.9. The van der Waals surface area contributed by atoms with Gasteiger partial charge in [-0.25, -0.2) is 0 Å². The lowest BCUT2D eigenvalue weighted by molar-refractivity contribution is 0.660. The molecule has 0 unspecified atom stereocenters. The molecule has 2 aliphatic carbocycles. The highest BCUT2D eigenvalue weighted by atomic mass is 15.1. The molecule has 2 nitrogen and oxygen atoms in total. The third-order valence-electron chi connectivity index (χ3n) is 13.1. The zero-order chi connectivity index (χ0) is 43.2. The lowest BCUT2D eigenvalue weighted by Gasteiger charge is -2.29. The van der Waals surface area contributed by atoms with Crippen molar-refractivity contribution < 1.29 is 0 Å². The second kappa shape index (κ2) is 16.1. The van der Waals surface area contributed by atoms with Crippen LogP contribution in [0, 0.1) is 0 Å². The summed E-state index contributed by atoms with van der Waals surface area (Å²) in [5.41, 5.74) is 20.1. The summed E-state index contributed by atoms with van der Waals surface area (Å²) >= 11 is 0. The van der Waals surface area contributed by atoms with Gasteiger partial charge >= 0.3 is 0 Å². The molecule has 306 valence electrons. The normalized spacial score (nSPS) is 16.1. The minimum Gasteiger partial charge on any atom is -0.310 e. The van der Waals surface area contributed by atoms with Crippen molar-refractivity contribution in [2.75, 3.05) is 4.90 Å². The number of benzene rings is 8. The van der Waals surface area contributed by atoms with E-state index in [0.29, 0.717) is 0 Å². The van der Waals surface area contributed by atoms with Gasteiger partial charge in [0.15, 0.2) is 0 Å². The second-order valence-corrected chi connectivity index (χ2v) is 17.4. The van der Waals surface area contributed by atoms with E-state index >= 15 is 0 Å². The van der Waals surface area contributed by atoms with Crippen molar-refractivity contribution in [3.05, 3.63) is 265 Å². The van der Waals surface area contributed by atoms with E-state index in [1.54, 1.807) is 0 Å². The maximum atomic E-state index is 4.53. The fourth-order valence-electron chi connectivity index (χ4n) is 9.89. The van der Waals surface area contributed by atoms with Crippen LogP contribution in [-0.2, 0) is 5.41 Å². The molecule has 0 aliphatic heterocycles. The van der Waals surface area contributed by atoms with Gasteiger partial charge in [0.2, 0.25) is 0 Å². The number of aromatic nitrogens is 1. The van der Waals surface area contributed by atoms with Gasteiger partial charge in [-0.05, 0) is 140 Å². The van der Waals surface area contributed by atoms with E-state index in [4.69, 9.17) is 0 Å². The summed E-state index contributed by atoms with van der Waals surface area (Å²) in [6.07, 6.45) is 14.1. The second-order valence-electron chi connectivity index (χ2n) is 17.4. The molecular formula is C62H48N2. The summed E-state index contributed by atoms with van der Waals surface area (Å²) < 4.78 is 2.37. The first-order valence-corrected chi connectivity index (χ1v) is 22.3. The number of hydrogen-bond acceptors (Lipinski definition) is 1. The van der Waals surface area contributed by atoms with Crippen molar-refractivity contribution >= 4 is 38.8 Å². The maximum Gasteiger partial charge on any atom is 0.0541 e. The van der Waals surface area contributed by atoms with Gasteiger partial charge in [-0.1, -0.05) is 178 Å². The van der Waals surface area contributed by atoms with E-state index in [0.717, 1.165) is 29.1 Å². The summed E-state index contributed by atoms with van der Waals surface area (Å²) in [5, 5.41) is 2.50. The summed E-state index contributed by atoms with van der Waals surface area (Å²) in [4.78, 5) is 2.39. The van der Waals surface area contributed by atoms with Crippen molar-refractivity contribution in [1.29, 1.82) is 0 Å². The Morgan fingerprint density at radius 3 is 1.95 bits per heavy atom. The number of fused-ring (bicyclic) bond motifs is 6. The Morgan fingerprint density at radius 2 is 1.12 bits per heavy atom. The third kappa shape index (κ3) is 6.94. The molecule has 64 heavy (non-hydrogen) atoms. The van der Waals surface area contributed by atoms with Crippen LogP contribution < -0.4 is 4.90 Å². The molecule has 8 aromatic carbocycles. The molecule has 1 heterocycles. The molecular weight excluding hydrogens is 773 g/mol. The van der Waals surface area contributed by atoms with Crippen molar-refractivity contribution in [3.8, 4) is 39.1 Å². The molecule has 0 radical (unpaired) electrons. The summed E-state index contributed by atoms with van der Waals surface area (Å²) in [7, 11) is 0. The highest BCUT2D eigenvalue weighted by molar-refractivity contribution is 6.10. The number of anilines is 2. The Labute approximate surface area is 376 Å². The lowest BCUT2D eigenvalue weighted by atomic mass is 9.82. The van der Waals surface area contributed by atoms with E-state index in [1.165, 1.54) is 83.1 Å². The van der Waals surface area contributed by atoms with Gasteiger partial charge in [0.05, 0.1) is 11.0 Å². The fourth-order valence-corrected chi connectivity index (χ4v) is 9.89. The number of allylic oxidation sites excluding steroid dienone is 8. The number of hydrogen-bond donors (Lipinski definition) is 0. The number of para-hydroxylation sites is 2. The van der Waals surface area contributed by atoms with Crippen LogP contribution in [0.25, 0.3) is 66.4 Å². The zero-order valence-electron chi connectivity index (χ0n) is 36.2. The molecule has 0 N–H and O–H groups in total. The minimum atomic E-state index is -0.127. The highest BCUT2D eigenvalue weighted by Crippen LogP contribution is 2.50. The molecule has 0 amide bonds. The number of nitrogens with zero attached hydrogens (tertiary/aromatic N) is 2. The molecule has 11 rings (SSSR count). The summed E-state index contributed by atoms with van der Waals surface area (Å²) in [5.74, 6) is 0. The van der Waals surface area contributed by atoms with E-state index in [1.807, 2.05) is 0 Å². The predicted molar refractivity (Wildman–Crippen MR) is 272 cm³/mol. The quantitative estimate of drug-likeness (QED) is 0.155.